The number of para-hydroxylation sites is 3. The summed E-state index contributed by atoms with van der Waals surface area (Å²) >= 11 is 1.77. The molecule has 0 spiro atoms. The van der Waals surface area contributed by atoms with E-state index in [1.54, 1.807) is 11.3 Å². The van der Waals surface area contributed by atoms with Gasteiger partial charge in [0.15, 0.2) is 0 Å². The van der Waals surface area contributed by atoms with E-state index in [0.29, 0.717) is 5.95 Å². The van der Waals surface area contributed by atoms with E-state index in [9.17, 15) is 0 Å². The lowest BCUT2D eigenvalue weighted by Crippen LogP contribution is -2.03. The smallest absolute Gasteiger partial charge is 0.235 e. The van der Waals surface area contributed by atoms with Crippen LogP contribution in [0, 0.1) is 0 Å². The Bertz CT molecular complexity index is 3330. The van der Waals surface area contributed by atoms with E-state index < -0.39 is 0 Å². The Balaban J connectivity index is 1.34. The second-order valence-corrected chi connectivity index (χ2v) is 14.0. The predicted octanol–water partition coefficient (Wildman–Crippen LogP) is 11.9. The molecule has 0 saturated carbocycles. The Kier molecular flexibility index (Phi) is 4.83. The van der Waals surface area contributed by atoms with Crippen molar-refractivity contribution >= 4 is 102 Å². The molecule has 4 nitrogen and oxygen atoms in total. The van der Waals surface area contributed by atoms with Gasteiger partial charge in [-0.05, 0) is 18.2 Å². The average molecular weight is 641 g/mol. The fourth-order valence-corrected chi connectivity index (χ4v) is 9.68. The van der Waals surface area contributed by atoms with E-state index in [1.807, 2.05) is 0 Å². The van der Waals surface area contributed by atoms with Crippen molar-refractivity contribution in [3.8, 4) is 17.2 Å². The van der Waals surface area contributed by atoms with Crippen molar-refractivity contribution in [2.24, 2.45) is 0 Å². The standard InChI is InChI=1S/C44H24N4S/c1-2-13-25(14-3-1)38-43-39(31-19-8-11-24-35(31)49-43)46-44(45-38)48-34-23-10-7-18-30(34)36-37-32-21-12-20-27-26-15-6-9-22-33(26)47(40(27)32)41(37)28-16-4-5-17-29(28)42(36)48/h1-24H. The molecule has 49 heavy (non-hydrogen) atoms. The van der Waals surface area contributed by atoms with Gasteiger partial charge in [0.05, 0.1) is 43.5 Å². The van der Waals surface area contributed by atoms with Crippen LogP contribution >= 0.6 is 11.3 Å². The van der Waals surface area contributed by atoms with E-state index in [4.69, 9.17) is 9.97 Å². The van der Waals surface area contributed by atoms with Crippen LogP contribution in [0.1, 0.15) is 0 Å². The predicted molar refractivity (Wildman–Crippen MR) is 207 cm³/mol. The summed E-state index contributed by atoms with van der Waals surface area (Å²) in [6, 6.07) is 52.4. The van der Waals surface area contributed by atoms with E-state index >= 15 is 0 Å². The van der Waals surface area contributed by atoms with Crippen LogP contribution in [0.25, 0.3) is 108 Å². The third kappa shape index (κ3) is 3.18. The van der Waals surface area contributed by atoms with Crippen LogP contribution < -0.4 is 0 Å². The molecule has 12 rings (SSSR count). The normalized spacial score (nSPS) is 12.5. The lowest BCUT2D eigenvalue weighted by molar-refractivity contribution is 1.02. The molecule has 5 aromatic heterocycles. The minimum Gasteiger partial charge on any atom is -0.307 e. The summed E-state index contributed by atoms with van der Waals surface area (Å²) in [4.78, 5) is 10.9. The van der Waals surface area contributed by atoms with Crippen LogP contribution in [0.3, 0.4) is 0 Å². The molecule has 226 valence electrons. The zero-order valence-electron chi connectivity index (χ0n) is 26.1. The van der Waals surface area contributed by atoms with Gasteiger partial charge >= 0.3 is 0 Å². The first kappa shape index (κ1) is 25.7. The quantitative estimate of drug-likeness (QED) is 0.188. The van der Waals surface area contributed by atoms with Gasteiger partial charge in [-0.25, -0.2) is 9.97 Å². The van der Waals surface area contributed by atoms with Crippen molar-refractivity contribution in [3.63, 3.8) is 0 Å². The number of benzene rings is 7. The molecular weight excluding hydrogens is 617 g/mol. The van der Waals surface area contributed by atoms with Crippen molar-refractivity contribution < 1.29 is 0 Å². The number of thiophene rings is 1. The van der Waals surface area contributed by atoms with Gasteiger partial charge in [0, 0.05) is 58.7 Å². The Morgan fingerprint density at radius 1 is 0.429 bits per heavy atom. The molecule has 0 aliphatic rings. The van der Waals surface area contributed by atoms with Gasteiger partial charge in [-0.15, -0.1) is 11.3 Å². The highest BCUT2D eigenvalue weighted by atomic mass is 32.1. The van der Waals surface area contributed by atoms with Gasteiger partial charge in [0.25, 0.3) is 0 Å². The van der Waals surface area contributed by atoms with Gasteiger partial charge < -0.3 is 4.40 Å². The van der Waals surface area contributed by atoms with E-state index in [2.05, 4.69) is 155 Å². The Morgan fingerprint density at radius 2 is 1.02 bits per heavy atom. The summed E-state index contributed by atoms with van der Waals surface area (Å²) in [5, 5.41) is 11.1. The number of rotatable bonds is 2. The number of aromatic nitrogens is 4. The molecule has 0 N–H and O–H groups in total. The molecule has 12 aromatic rings. The van der Waals surface area contributed by atoms with Gasteiger partial charge in [0.1, 0.15) is 0 Å². The number of fused-ring (bicyclic) bond motifs is 16. The van der Waals surface area contributed by atoms with Crippen LogP contribution in [-0.2, 0) is 0 Å². The topological polar surface area (TPSA) is 35.1 Å². The van der Waals surface area contributed by atoms with E-state index in [0.717, 1.165) is 37.9 Å². The fraction of sp³-hybridized carbons (Fsp3) is 0. The SMILES string of the molecule is c1ccc(-c2nc(-n3c4ccccc4c4c5c6cccc7c8ccccc8n(c76)c5c5ccccc5c43)nc3c2sc2ccccc23)cc1. The third-order valence-electron chi connectivity index (χ3n) is 10.4. The molecule has 0 bridgehead atoms. The average Bonchev–Trinajstić information content (AvgIpc) is 3.91. The molecule has 0 aliphatic heterocycles. The number of nitrogens with zero attached hydrogens (tertiary/aromatic N) is 4. The first-order chi connectivity index (χ1) is 24.3. The highest BCUT2D eigenvalue weighted by Gasteiger charge is 2.27. The summed E-state index contributed by atoms with van der Waals surface area (Å²) in [6.07, 6.45) is 0. The molecular formula is C44H24N4S. The molecule has 0 fully saturated rings. The van der Waals surface area contributed by atoms with Gasteiger partial charge in [-0.1, -0.05) is 127 Å². The highest BCUT2D eigenvalue weighted by Crippen LogP contribution is 2.49. The maximum Gasteiger partial charge on any atom is 0.235 e. The van der Waals surface area contributed by atoms with Crippen molar-refractivity contribution in [1.82, 2.24) is 18.9 Å². The monoisotopic (exact) mass is 640 g/mol. The molecule has 0 amide bonds. The maximum atomic E-state index is 5.48. The van der Waals surface area contributed by atoms with Crippen LogP contribution in [-0.4, -0.2) is 18.9 Å². The van der Waals surface area contributed by atoms with Crippen LogP contribution in [0.2, 0.25) is 0 Å². The highest BCUT2D eigenvalue weighted by molar-refractivity contribution is 7.26. The minimum atomic E-state index is 0.687. The lowest BCUT2D eigenvalue weighted by Gasteiger charge is -2.12. The first-order valence-corrected chi connectivity index (χ1v) is 17.4. The maximum absolute atomic E-state index is 5.48. The minimum absolute atomic E-state index is 0.687. The molecule has 5 heteroatoms. The van der Waals surface area contributed by atoms with Gasteiger partial charge in [-0.3, -0.25) is 4.57 Å². The van der Waals surface area contributed by atoms with Crippen LogP contribution in [0.5, 0.6) is 0 Å². The molecule has 0 atom stereocenters. The second kappa shape index (κ2) is 9.19. The summed E-state index contributed by atoms with van der Waals surface area (Å²) in [7, 11) is 0. The van der Waals surface area contributed by atoms with E-state index in [-0.39, 0.29) is 0 Å². The number of hydrogen-bond donors (Lipinski definition) is 0. The van der Waals surface area contributed by atoms with Gasteiger partial charge in [0.2, 0.25) is 5.95 Å². The number of hydrogen-bond acceptors (Lipinski definition) is 3. The molecule has 7 aromatic carbocycles. The second-order valence-electron chi connectivity index (χ2n) is 12.9. The van der Waals surface area contributed by atoms with Gasteiger partial charge in [-0.2, -0.15) is 0 Å². The van der Waals surface area contributed by atoms with Crippen molar-refractivity contribution in [2.45, 2.75) is 0 Å². The Hall–Kier alpha value is -6.30. The van der Waals surface area contributed by atoms with Crippen LogP contribution in [0.15, 0.2) is 146 Å². The third-order valence-corrected chi connectivity index (χ3v) is 11.6. The van der Waals surface area contributed by atoms with E-state index in [1.165, 1.54) is 64.3 Å². The Labute approximate surface area is 283 Å². The van der Waals surface area contributed by atoms with Crippen molar-refractivity contribution in [1.29, 1.82) is 0 Å². The molecule has 0 unspecified atom stereocenters. The first-order valence-electron chi connectivity index (χ1n) is 16.6. The zero-order chi connectivity index (χ0) is 31.8. The summed E-state index contributed by atoms with van der Waals surface area (Å²) < 4.78 is 7.17. The molecule has 5 heterocycles. The molecule has 0 aliphatic carbocycles. The Morgan fingerprint density at radius 3 is 1.86 bits per heavy atom. The molecule has 0 radical (unpaired) electrons. The van der Waals surface area contributed by atoms with Crippen molar-refractivity contribution in [3.05, 3.63) is 146 Å². The van der Waals surface area contributed by atoms with Crippen LogP contribution in [0.4, 0.5) is 0 Å². The lowest BCUT2D eigenvalue weighted by atomic mass is 9.98. The summed E-state index contributed by atoms with van der Waals surface area (Å²) in [5.41, 5.74) is 9.06. The fourth-order valence-electron chi connectivity index (χ4n) is 8.52. The molecule has 0 saturated heterocycles. The van der Waals surface area contributed by atoms with Crippen molar-refractivity contribution in [2.75, 3.05) is 0 Å². The summed E-state index contributed by atoms with van der Waals surface area (Å²) in [5.74, 6) is 0.687. The largest absolute Gasteiger partial charge is 0.307 e. The summed E-state index contributed by atoms with van der Waals surface area (Å²) in [6.45, 7) is 0. The zero-order valence-corrected chi connectivity index (χ0v) is 26.9.